The highest BCUT2D eigenvalue weighted by Crippen LogP contribution is 2.28. The van der Waals surface area contributed by atoms with E-state index in [4.69, 9.17) is 5.73 Å². The van der Waals surface area contributed by atoms with Gasteiger partial charge in [-0.3, -0.25) is 9.48 Å². The SMILES string of the molecule is CC(NC(=O)[C@H]1CNC[C@@H]1c1cnn(C)c1)c1ccc(NC(N)=O)cc1.Cl. The Labute approximate surface area is 164 Å². The van der Waals surface area contributed by atoms with Crippen molar-refractivity contribution in [2.45, 2.75) is 18.9 Å². The summed E-state index contributed by atoms with van der Waals surface area (Å²) in [5, 5.41) is 13.1. The van der Waals surface area contributed by atoms with E-state index < -0.39 is 6.03 Å². The molecule has 1 aliphatic rings. The minimum Gasteiger partial charge on any atom is -0.351 e. The van der Waals surface area contributed by atoms with Crippen LogP contribution in [0, 0.1) is 5.92 Å². The quantitative estimate of drug-likeness (QED) is 0.617. The van der Waals surface area contributed by atoms with E-state index in [9.17, 15) is 9.59 Å². The number of benzene rings is 1. The number of nitrogens with one attached hydrogen (secondary N) is 3. The van der Waals surface area contributed by atoms with Crippen LogP contribution < -0.4 is 21.7 Å². The average Bonchev–Trinajstić information content (AvgIpc) is 3.23. The number of aromatic nitrogens is 2. The van der Waals surface area contributed by atoms with E-state index in [-0.39, 0.29) is 36.2 Å². The molecule has 0 spiro atoms. The van der Waals surface area contributed by atoms with E-state index in [1.165, 1.54) is 0 Å². The molecule has 3 atom stereocenters. The van der Waals surface area contributed by atoms with Crippen LogP contribution in [0.1, 0.15) is 30.0 Å². The fraction of sp³-hybridized carbons (Fsp3) is 0.389. The predicted octanol–water partition coefficient (Wildman–Crippen LogP) is 1.51. The summed E-state index contributed by atoms with van der Waals surface area (Å²) >= 11 is 0. The number of primary amides is 1. The second-order valence-electron chi connectivity index (χ2n) is 6.66. The summed E-state index contributed by atoms with van der Waals surface area (Å²) in [5.41, 5.74) is 7.76. The third-order valence-corrected chi connectivity index (χ3v) is 4.74. The number of halogens is 1. The molecule has 0 radical (unpaired) electrons. The zero-order chi connectivity index (χ0) is 18.7. The average molecular weight is 393 g/mol. The summed E-state index contributed by atoms with van der Waals surface area (Å²) in [7, 11) is 1.87. The third kappa shape index (κ3) is 4.99. The van der Waals surface area contributed by atoms with E-state index in [2.05, 4.69) is 21.0 Å². The summed E-state index contributed by atoms with van der Waals surface area (Å²) in [6.07, 6.45) is 3.79. The van der Waals surface area contributed by atoms with E-state index in [0.717, 1.165) is 17.7 Å². The van der Waals surface area contributed by atoms with Gasteiger partial charge in [0.2, 0.25) is 5.91 Å². The highest BCUT2D eigenvalue weighted by Gasteiger charge is 2.35. The van der Waals surface area contributed by atoms with Gasteiger partial charge in [-0.1, -0.05) is 12.1 Å². The van der Waals surface area contributed by atoms with Crippen LogP contribution in [0.5, 0.6) is 0 Å². The van der Waals surface area contributed by atoms with Gasteiger partial charge >= 0.3 is 6.03 Å². The molecule has 0 bridgehead atoms. The highest BCUT2D eigenvalue weighted by molar-refractivity contribution is 5.87. The van der Waals surface area contributed by atoms with E-state index in [1.54, 1.807) is 16.8 Å². The van der Waals surface area contributed by atoms with Crippen LogP contribution in [0.2, 0.25) is 0 Å². The maximum absolute atomic E-state index is 12.8. The molecule has 1 saturated heterocycles. The molecule has 0 saturated carbocycles. The summed E-state index contributed by atoms with van der Waals surface area (Å²) in [4.78, 5) is 23.7. The van der Waals surface area contributed by atoms with Gasteiger partial charge in [0, 0.05) is 37.9 Å². The summed E-state index contributed by atoms with van der Waals surface area (Å²) in [6.45, 7) is 3.36. The molecule has 1 aromatic heterocycles. The molecule has 9 heteroatoms. The first kappa shape index (κ1) is 20.7. The monoisotopic (exact) mass is 392 g/mol. The Hall–Kier alpha value is -2.58. The Kier molecular flexibility index (Phi) is 6.81. The van der Waals surface area contributed by atoms with Crippen molar-refractivity contribution in [3.8, 4) is 0 Å². The molecule has 0 aliphatic carbocycles. The summed E-state index contributed by atoms with van der Waals surface area (Å²) < 4.78 is 1.76. The lowest BCUT2D eigenvalue weighted by atomic mass is 9.90. The van der Waals surface area contributed by atoms with Crippen LogP contribution >= 0.6 is 12.4 Å². The maximum Gasteiger partial charge on any atom is 0.316 e. The Balaban J connectivity index is 0.00000261. The van der Waals surface area contributed by atoms with Crippen LogP contribution in [-0.4, -0.2) is 34.8 Å². The van der Waals surface area contributed by atoms with Gasteiger partial charge in [-0.05, 0) is 30.2 Å². The zero-order valence-corrected chi connectivity index (χ0v) is 16.1. The fourth-order valence-electron chi connectivity index (χ4n) is 3.34. The lowest BCUT2D eigenvalue weighted by Crippen LogP contribution is -2.36. The van der Waals surface area contributed by atoms with Crippen LogP contribution in [-0.2, 0) is 11.8 Å². The Morgan fingerprint density at radius 1 is 1.30 bits per heavy atom. The maximum atomic E-state index is 12.8. The molecule has 1 aliphatic heterocycles. The number of urea groups is 1. The van der Waals surface area contributed by atoms with Gasteiger partial charge in [0.1, 0.15) is 0 Å². The number of rotatable bonds is 5. The van der Waals surface area contributed by atoms with E-state index in [0.29, 0.717) is 12.2 Å². The highest BCUT2D eigenvalue weighted by atomic mass is 35.5. The smallest absolute Gasteiger partial charge is 0.316 e. The molecule has 3 rings (SSSR count). The predicted molar refractivity (Wildman–Crippen MR) is 106 cm³/mol. The Morgan fingerprint density at radius 3 is 2.59 bits per heavy atom. The van der Waals surface area contributed by atoms with Gasteiger partial charge in [0.05, 0.1) is 18.2 Å². The minimum atomic E-state index is -0.603. The molecule has 1 fully saturated rings. The third-order valence-electron chi connectivity index (χ3n) is 4.74. The molecular formula is C18H25ClN6O2. The van der Waals surface area contributed by atoms with Crippen molar-refractivity contribution >= 4 is 30.0 Å². The van der Waals surface area contributed by atoms with E-state index in [1.807, 2.05) is 38.5 Å². The number of nitrogens with two attached hydrogens (primary N) is 1. The normalized spacial score (nSPS) is 19.8. The van der Waals surface area contributed by atoms with Crippen LogP contribution in [0.15, 0.2) is 36.7 Å². The van der Waals surface area contributed by atoms with Gasteiger partial charge in [-0.25, -0.2) is 4.79 Å². The number of hydrogen-bond acceptors (Lipinski definition) is 4. The Morgan fingerprint density at radius 2 is 2.00 bits per heavy atom. The number of carbonyl (C=O) groups excluding carboxylic acids is 2. The van der Waals surface area contributed by atoms with Crippen LogP contribution in [0.3, 0.4) is 0 Å². The molecule has 2 aromatic rings. The van der Waals surface area contributed by atoms with Crippen molar-refractivity contribution in [1.82, 2.24) is 20.4 Å². The number of anilines is 1. The molecule has 1 aromatic carbocycles. The van der Waals surface area contributed by atoms with Crippen LogP contribution in [0.25, 0.3) is 0 Å². The van der Waals surface area contributed by atoms with E-state index >= 15 is 0 Å². The molecule has 27 heavy (non-hydrogen) atoms. The van der Waals surface area contributed by atoms with Crippen LogP contribution in [0.4, 0.5) is 10.5 Å². The lowest BCUT2D eigenvalue weighted by molar-refractivity contribution is -0.125. The molecule has 146 valence electrons. The zero-order valence-electron chi connectivity index (χ0n) is 15.3. The molecule has 1 unspecified atom stereocenters. The second-order valence-corrected chi connectivity index (χ2v) is 6.66. The standard InChI is InChI=1S/C18H24N6O2.ClH/c1-11(12-3-5-14(6-4-12)23-18(19)26)22-17(25)16-9-20-8-15(16)13-7-21-24(2)10-13;/h3-7,10-11,15-16,20H,8-9H2,1-2H3,(H,22,25)(H3,19,23,26);1H/t11?,15-,16+;/m1./s1. The van der Waals surface area contributed by atoms with Gasteiger partial charge in [-0.2, -0.15) is 5.10 Å². The first-order valence-corrected chi connectivity index (χ1v) is 8.60. The molecule has 8 nitrogen and oxygen atoms in total. The number of amides is 3. The lowest BCUT2D eigenvalue weighted by Gasteiger charge is -2.21. The first-order chi connectivity index (χ1) is 12.4. The van der Waals surface area contributed by atoms with Crippen molar-refractivity contribution in [3.63, 3.8) is 0 Å². The minimum absolute atomic E-state index is 0. The number of nitrogens with zero attached hydrogens (tertiary/aromatic N) is 2. The number of carbonyl (C=O) groups is 2. The van der Waals surface area contributed by atoms with Crippen molar-refractivity contribution in [2.24, 2.45) is 18.7 Å². The topological polar surface area (TPSA) is 114 Å². The van der Waals surface area contributed by atoms with Gasteiger partial charge in [0.15, 0.2) is 0 Å². The van der Waals surface area contributed by atoms with Gasteiger partial charge in [0.25, 0.3) is 0 Å². The van der Waals surface area contributed by atoms with Crippen molar-refractivity contribution in [2.75, 3.05) is 18.4 Å². The first-order valence-electron chi connectivity index (χ1n) is 8.60. The molecule has 5 N–H and O–H groups in total. The van der Waals surface area contributed by atoms with Crippen molar-refractivity contribution in [3.05, 3.63) is 47.8 Å². The van der Waals surface area contributed by atoms with Gasteiger partial charge < -0.3 is 21.7 Å². The van der Waals surface area contributed by atoms with Gasteiger partial charge in [-0.15, -0.1) is 12.4 Å². The number of aryl methyl sites for hydroxylation is 1. The summed E-state index contributed by atoms with van der Waals surface area (Å²) in [6, 6.07) is 6.51. The Bertz CT molecular complexity index is 791. The van der Waals surface area contributed by atoms with Crippen molar-refractivity contribution in [1.29, 1.82) is 0 Å². The second kappa shape index (κ2) is 8.88. The molecule has 2 heterocycles. The fourth-order valence-corrected chi connectivity index (χ4v) is 3.34. The van der Waals surface area contributed by atoms with Crippen molar-refractivity contribution < 1.29 is 9.59 Å². The largest absolute Gasteiger partial charge is 0.351 e. The molecular weight excluding hydrogens is 368 g/mol. The summed E-state index contributed by atoms with van der Waals surface area (Å²) in [5.74, 6) is 0.0196. The number of hydrogen-bond donors (Lipinski definition) is 4. The molecule has 3 amide bonds.